The lowest BCUT2D eigenvalue weighted by atomic mass is 9.52. The number of amides is 2. The van der Waals surface area contributed by atoms with Crippen LogP contribution in [0.2, 0.25) is 0 Å². The van der Waals surface area contributed by atoms with Crippen LogP contribution in [0.1, 0.15) is 182 Å². The molecule has 2 bridgehead atoms. The first kappa shape index (κ1) is 51.5. The molecule has 8 fully saturated rings. The Morgan fingerprint density at radius 1 is 0.943 bits per heavy atom. The Labute approximate surface area is 416 Å². The minimum atomic E-state index is -1.43. The van der Waals surface area contributed by atoms with E-state index in [1.54, 1.807) is 30.7 Å². The fourth-order valence-electron chi connectivity index (χ4n) is 13.7. The molecule has 14 nitrogen and oxygen atoms in total. The number of rotatable bonds is 18. The second kappa shape index (κ2) is 20.1. The van der Waals surface area contributed by atoms with Crippen LogP contribution in [0.3, 0.4) is 0 Å². The van der Waals surface area contributed by atoms with Crippen molar-refractivity contribution in [2.24, 2.45) is 22.7 Å². The van der Waals surface area contributed by atoms with Gasteiger partial charge in [0.2, 0.25) is 11.8 Å². The zero-order chi connectivity index (χ0) is 49.8. The molecule has 5 heterocycles. The van der Waals surface area contributed by atoms with Crippen LogP contribution in [0.4, 0.5) is 0 Å². The number of unbranched alkanes of at least 4 members (excludes halogenated alkanes) is 4. The van der Waals surface area contributed by atoms with Crippen molar-refractivity contribution in [3.05, 3.63) is 41.0 Å². The Kier molecular flexibility index (Phi) is 14.8. The van der Waals surface area contributed by atoms with Gasteiger partial charge in [0.25, 0.3) is 0 Å². The quantitative estimate of drug-likeness (QED) is 0.0820. The van der Waals surface area contributed by atoms with Gasteiger partial charge in [0, 0.05) is 32.2 Å². The lowest BCUT2D eigenvalue weighted by molar-refractivity contribution is -0.225. The summed E-state index contributed by atoms with van der Waals surface area (Å²) < 4.78 is 32.2. The SMILES string of the molecule is CCCCCC1(CCCCC)OC2C3CC4(C(=O)N5CCCC5C(=O)NC(CO)CCC(=O)OC(C)(C)C)C(ON(Cc5ccc(C=C6CCC7OC7(C)CCC7C6CC7(C)C)cc5)C4C(=O)O3)C2O1. The third-order valence-electron chi connectivity index (χ3n) is 17.5. The first-order valence-electron chi connectivity index (χ1n) is 27.2. The van der Waals surface area contributed by atoms with Gasteiger partial charge in [-0.3, -0.25) is 24.0 Å². The van der Waals surface area contributed by atoms with Gasteiger partial charge >= 0.3 is 11.9 Å². The second-order valence-corrected chi connectivity index (χ2v) is 24.2. The maximum absolute atomic E-state index is 15.8. The van der Waals surface area contributed by atoms with Crippen molar-refractivity contribution in [2.45, 2.75) is 243 Å². The highest BCUT2D eigenvalue weighted by molar-refractivity contribution is 5.96. The largest absolute Gasteiger partial charge is 0.460 e. The predicted molar refractivity (Wildman–Crippen MR) is 262 cm³/mol. The van der Waals surface area contributed by atoms with Crippen molar-refractivity contribution < 1.29 is 52.8 Å². The minimum absolute atomic E-state index is 0.0118. The highest BCUT2D eigenvalue weighted by Gasteiger charge is 2.77. The molecule has 388 valence electrons. The molecule has 3 saturated carbocycles. The van der Waals surface area contributed by atoms with Crippen molar-refractivity contribution in [1.82, 2.24) is 15.3 Å². The molecule has 0 radical (unpaired) electrons. The van der Waals surface area contributed by atoms with Crippen LogP contribution in [-0.2, 0) is 54.2 Å². The van der Waals surface area contributed by atoms with Gasteiger partial charge in [-0.2, -0.15) is 5.06 Å². The summed E-state index contributed by atoms with van der Waals surface area (Å²) in [5.74, 6) is -1.39. The average Bonchev–Trinajstić information content (AvgIpc) is 3.68. The molecule has 1 aromatic rings. The number of nitrogens with one attached hydrogen (secondary N) is 1. The van der Waals surface area contributed by atoms with Gasteiger partial charge in [0.15, 0.2) is 11.8 Å². The Morgan fingerprint density at radius 3 is 2.33 bits per heavy atom. The first-order chi connectivity index (χ1) is 33.3. The highest BCUT2D eigenvalue weighted by atomic mass is 16.8. The number of aliphatic hydroxyl groups excluding tert-OH is 1. The Bertz CT molecular complexity index is 2110. The number of ether oxygens (including phenoxy) is 5. The number of hydrogen-bond acceptors (Lipinski definition) is 12. The average molecular weight is 974 g/mol. The number of allylic oxidation sites excluding steroid dienone is 1. The first-order valence-corrected chi connectivity index (χ1v) is 27.2. The van der Waals surface area contributed by atoms with Gasteiger partial charge in [-0.25, -0.2) is 0 Å². The van der Waals surface area contributed by atoms with E-state index in [1.807, 2.05) is 0 Å². The lowest BCUT2D eigenvalue weighted by Crippen LogP contribution is -2.70. The van der Waals surface area contributed by atoms with E-state index in [0.29, 0.717) is 55.6 Å². The van der Waals surface area contributed by atoms with Crippen LogP contribution in [0.25, 0.3) is 6.08 Å². The van der Waals surface area contributed by atoms with Crippen molar-refractivity contribution in [2.75, 3.05) is 13.2 Å². The highest BCUT2D eigenvalue weighted by Crippen LogP contribution is 2.61. The number of carbonyl (C=O) groups is 4. The number of benzene rings is 1. The number of fused-ring (bicyclic) bond motifs is 6. The zero-order valence-electron chi connectivity index (χ0n) is 43.4. The van der Waals surface area contributed by atoms with Crippen LogP contribution >= 0.6 is 0 Å². The normalized spacial score (nSPS) is 35.8. The second-order valence-electron chi connectivity index (χ2n) is 24.2. The zero-order valence-corrected chi connectivity index (χ0v) is 43.4. The van der Waals surface area contributed by atoms with Crippen molar-refractivity contribution in [3.8, 4) is 0 Å². The van der Waals surface area contributed by atoms with E-state index in [1.165, 1.54) is 18.4 Å². The van der Waals surface area contributed by atoms with Crippen LogP contribution in [-0.4, -0.2) is 118 Å². The summed E-state index contributed by atoms with van der Waals surface area (Å²) in [5, 5.41) is 14.9. The predicted octanol–water partition coefficient (Wildman–Crippen LogP) is 8.49. The molecule has 70 heavy (non-hydrogen) atoms. The summed E-state index contributed by atoms with van der Waals surface area (Å²) in [6, 6.07) is 5.81. The summed E-state index contributed by atoms with van der Waals surface area (Å²) in [5.41, 5.74) is 1.83. The van der Waals surface area contributed by atoms with Gasteiger partial charge in [-0.15, -0.1) is 0 Å². The summed E-state index contributed by atoms with van der Waals surface area (Å²) in [6.07, 6.45) is 14.0. The van der Waals surface area contributed by atoms with E-state index in [4.69, 9.17) is 28.5 Å². The number of esters is 2. The molecule has 1 aromatic carbocycles. The third kappa shape index (κ3) is 10.1. The smallest absolute Gasteiger partial charge is 0.327 e. The number of carbonyl (C=O) groups excluding carboxylic acids is 4. The van der Waals surface area contributed by atoms with Crippen molar-refractivity contribution >= 4 is 29.8 Å². The van der Waals surface area contributed by atoms with Crippen molar-refractivity contribution in [1.29, 1.82) is 0 Å². The molecule has 5 saturated heterocycles. The van der Waals surface area contributed by atoms with E-state index in [9.17, 15) is 19.5 Å². The molecule has 3 aliphatic carbocycles. The van der Waals surface area contributed by atoms with Gasteiger partial charge in [-0.05, 0) is 120 Å². The maximum atomic E-state index is 15.8. The Hall–Kier alpha value is -3.40. The molecule has 14 heteroatoms. The molecule has 0 aromatic heterocycles. The number of nitrogens with zero attached hydrogens (tertiary/aromatic N) is 2. The monoisotopic (exact) mass is 974 g/mol. The molecule has 2 amide bonds. The van der Waals surface area contributed by atoms with E-state index in [0.717, 1.165) is 68.9 Å². The molecule has 5 aliphatic heterocycles. The molecule has 8 aliphatic rings. The summed E-state index contributed by atoms with van der Waals surface area (Å²) in [7, 11) is 0. The molecule has 12 atom stereocenters. The maximum Gasteiger partial charge on any atom is 0.327 e. The molecule has 9 rings (SSSR count). The van der Waals surface area contributed by atoms with E-state index in [-0.39, 0.29) is 43.9 Å². The van der Waals surface area contributed by atoms with Gasteiger partial charge in [0.1, 0.15) is 41.5 Å². The van der Waals surface area contributed by atoms with Crippen LogP contribution in [0.5, 0.6) is 0 Å². The minimum Gasteiger partial charge on any atom is -0.460 e. The molecule has 12 unspecified atom stereocenters. The van der Waals surface area contributed by atoms with Crippen LogP contribution in [0.15, 0.2) is 29.8 Å². The van der Waals surface area contributed by atoms with E-state index < -0.39 is 77.2 Å². The van der Waals surface area contributed by atoms with E-state index in [2.05, 4.69) is 70.3 Å². The van der Waals surface area contributed by atoms with Crippen LogP contribution < -0.4 is 5.32 Å². The summed E-state index contributed by atoms with van der Waals surface area (Å²) in [6.45, 7) is 17.0. The van der Waals surface area contributed by atoms with E-state index >= 15 is 4.79 Å². The standard InChI is InChI=1S/C56H83N3O11/c1-9-11-13-26-55(27-14-12-10-2)68-45-42-32-56(51(64)58-29-15-16-41(58)49(62)57-38(34-60)22-24-44(61)67-52(3,4)5)47(50(63)65-42)59(70-48(56)46(45)69-55)33-36-19-17-35(18-20-36)30-37-21-23-43-54(8,66-43)28-25-40-39(37)31-53(40,6)7/h17-20,30,38-43,45-48,60H,9-16,21-29,31-34H2,1-8H3,(H,57,62). The van der Waals surface area contributed by atoms with Gasteiger partial charge in [0.05, 0.1) is 30.9 Å². The number of likely N-dealkylation sites (tertiary alicyclic amines) is 1. The van der Waals surface area contributed by atoms with Crippen molar-refractivity contribution in [3.63, 3.8) is 0 Å². The molecular formula is C56H83N3O11. The van der Waals surface area contributed by atoms with Gasteiger partial charge in [-0.1, -0.05) is 89.3 Å². The summed E-state index contributed by atoms with van der Waals surface area (Å²) in [4.78, 5) is 65.9. The number of epoxide rings is 1. The summed E-state index contributed by atoms with van der Waals surface area (Å²) >= 11 is 0. The Morgan fingerprint density at radius 2 is 1.66 bits per heavy atom. The Balaban J connectivity index is 0.985. The number of hydrogen-bond donors (Lipinski definition) is 2. The number of aliphatic hydroxyl groups is 1. The van der Waals surface area contributed by atoms with Gasteiger partial charge < -0.3 is 39.0 Å². The fraction of sp³-hybridized carbons (Fsp3) is 0.786. The number of hydroxylamine groups is 2. The fourth-order valence-corrected chi connectivity index (χ4v) is 13.7. The molecule has 2 N–H and O–H groups in total. The molecule has 0 spiro atoms. The molecular weight excluding hydrogens is 891 g/mol. The third-order valence-corrected chi connectivity index (χ3v) is 17.5. The lowest BCUT2D eigenvalue weighted by Gasteiger charge is -2.53. The van der Waals surface area contributed by atoms with Crippen LogP contribution in [0, 0.1) is 22.7 Å². The topological polar surface area (TPSA) is 166 Å².